The third kappa shape index (κ3) is 2.41. The predicted octanol–water partition coefficient (Wildman–Crippen LogP) is -0.232. The lowest BCUT2D eigenvalue weighted by Crippen LogP contribution is -2.35. The number of nitrogens with two attached hydrogens (primary N) is 1. The number of nitrogens with one attached hydrogen (secondary N) is 2. The first-order valence-electron chi connectivity index (χ1n) is 3.77. The molecule has 5 heteroatoms. The fourth-order valence-electron chi connectivity index (χ4n) is 0.918. The summed E-state index contributed by atoms with van der Waals surface area (Å²) in [7, 11) is 0. The van der Waals surface area contributed by atoms with Crippen LogP contribution in [0.25, 0.3) is 0 Å². The molecule has 0 aromatic heterocycles. The SMILES string of the molecule is N=C(N)NC(=O)c1cccc([C]=O)c1. The van der Waals surface area contributed by atoms with E-state index < -0.39 is 11.9 Å². The monoisotopic (exact) mass is 190 g/mol. The van der Waals surface area contributed by atoms with Crippen LogP contribution >= 0.6 is 0 Å². The summed E-state index contributed by atoms with van der Waals surface area (Å²) in [5.41, 5.74) is 5.52. The third-order valence-corrected chi connectivity index (χ3v) is 1.49. The van der Waals surface area contributed by atoms with Gasteiger partial charge in [-0.1, -0.05) is 12.1 Å². The van der Waals surface area contributed by atoms with Crippen molar-refractivity contribution < 1.29 is 9.59 Å². The number of hydrogen-bond donors (Lipinski definition) is 3. The highest BCUT2D eigenvalue weighted by Gasteiger charge is 2.06. The van der Waals surface area contributed by atoms with Crippen molar-refractivity contribution >= 4 is 18.2 Å². The number of carbonyl (C=O) groups is 1. The van der Waals surface area contributed by atoms with Gasteiger partial charge in [-0.2, -0.15) is 0 Å². The van der Waals surface area contributed by atoms with Crippen LogP contribution in [0.3, 0.4) is 0 Å². The molecule has 0 aliphatic carbocycles. The Morgan fingerprint density at radius 2 is 2.21 bits per heavy atom. The Balaban J connectivity index is 2.89. The van der Waals surface area contributed by atoms with Crippen molar-refractivity contribution in [1.29, 1.82) is 5.41 Å². The standard InChI is InChI=1S/C9H8N3O2/c10-9(11)12-8(14)7-3-1-2-6(4-7)5-13/h1-4H,(H4,10,11,12,14). The Kier molecular flexibility index (Phi) is 2.96. The maximum absolute atomic E-state index is 11.3. The van der Waals surface area contributed by atoms with Crippen LogP contribution in [0.5, 0.6) is 0 Å². The van der Waals surface area contributed by atoms with Gasteiger partial charge in [-0.05, 0) is 12.1 Å². The smallest absolute Gasteiger partial charge is 0.257 e. The van der Waals surface area contributed by atoms with Crippen LogP contribution in [0, 0.1) is 5.41 Å². The summed E-state index contributed by atoms with van der Waals surface area (Å²) in [4.78, 5) is 21.5. The first-order valence-corrected chi connectivity index (χ1v) is 3.77. The van der Waals surface area contributed by atoms with Gasteiger partial charge in [-0.25, -0.2) is 0 Å². The highest BCUT2D eigenvalue weighted by Crippen LogP contribution is 2.02. The Morgan fingerprint density at radius 1 is 1.50 bits per heavy atom. The van der Waals surface area contributed by atoms with Crippen LogP contribution in [-0.2, 0) is 4.79 Å². The van der Waals surface area contributed by atoms with Gasteiger partial charge < -0.3 is 5.73 Å². The molecule has 1 rings (SSSR count). The number of hydrogen-bond acceptors (Lipinski definition) is 3. The minimum absolute atomic E-state index is 0.265. The van der Waals surface area contributed by atoms with E-state index in [0.717, 1.165) is 0 Å². The average Bonchev–Trinajstić information content (AvgIpc) is 2.17. The highest BCUT2D eigenvalue weighted by atomic mass is 16.1. The number of amides is 1. The molecular weight excluding hydrogens is 182 g/mol. The normalized spacial score (nSPS) is 9.14. The second kappa shape index (κ2) is 4.18. The van der Waals surface area contributed by atoms with E-state index in [9.17, 15) is 9.59 Å². The highest BCUT2D eigenvalue weighted by molar-refractivity contribution is 6.04. The second-order valence-electron chi connectivity index (χ2n) is 2.55. The summed E-state index contributed by atoms with van der Waals surface area (Å²) >= 11 is 0. The molecule has 0 saturated carbocycles. The zero-order chi connectivity index (χ0) is 10.6. The Bertz CT molecular complexity index is 387. The molecule has 1 aromatic rings. The lowest BCUT2D eigenvalue weighted by atomic mass is 10.1. The van der Waals surface area contributed by atoms with Gasteiger partial charge >= 0.3 is 0 Å². The summed E-state index contributed by atoms with van der Waals surface area (Å²) in [6.07, 6.45) is 1.66. The van der Waals surface area contributed by atoms with Crippen LogP contribution in [-0.4, -0.2) is 18.2 Å². The van der Waals surface area contributed by atoms with Gasteiger partial charge in [0, 0.05) is 11.1 Å². The largest absolute Gasteiger partial charge is 0.370 e. The van der Waals surface area contributed by atoms with Gasteiger partial charge in [0.05, 0.1) is 0 Å². The molecule has 0 fully saturated rings. The van der Waals surface area contributed by atoms with Crippen LogP contribution in [0.15, 0.2) is 24.3 Å². The molecule has 1 aromatic carbocycles. The third-order valence-electron chi connectivity index (χ3n) is 1.49. The summed E-state index contributed by atoms with van der Waals surface area (Å²) in [6.45, 7) is 0. The average molecular weight is 190 g/mol. The van der Waals surface area contributed by atoms with Gasteiger partial charge in [-0.3, -0.25) is 20.3 Å². The number of guanidine groups is 1. The zero-order valence-corrected chi connectivity index (χ0v) is 7.20. The van der Waals surface area contributed by atoms with Crippen molar-refractivity contribution in [2.75, 3.05) is 0 Å². The molecule has 0 aliphatic heterocycles. The minimum atomic E-state index is -0.519. The van der Waals surface area contributed by atoms with Crippen LogP contribution < -0.4 is 11.1 Å². The van der Waals surface area contributed by atoms with Gasteiger partial charge in [0.15, 0.2) is 5.96 Å². The van der Waals surface area contributed by atoms with Crippen molar-refractivity contribution in [2.24, 2.45) is 5.73 Å². The molecule has 0 heterocycles. The molecule has 0 bridgehead atoms. The van der Waals surface area contributed by atoms with Crippen molar-refractivity contribution in [3.8, 4) is 0 Å². The van der Waals surface area contributed by atoms with E-state index in [4.69, 9.17) is 11.1 Å². The van der Waals surface area contributed by atoms with Crippen molar-refractivity contribution in [3.05, 3.63) is 35.4 Å². The lowest BCUT2D eigenvalue weighted by molar-refractivity contribution is 0.0976. The van der Waals surface area contributed by atoms with Gasteiger partial charge in [0.2, 0.25) is 6.29 Å². The van der Waals surface area contributed by atoms with Crippen molar-refractivity contribution in [1.82, 2.24) is 5.32 Å². The molecule has 0 aliphatic rings. The van der Waals surface area contributed by atoms with E-state index in [1.54, 1.807) is 12.4 Å². The maximum Gasteiger partial charge on any atom is 0.257 e. The van der Waals surface area contributed by atoms with Crippen molar-refractivity contribution in [3.63, 3.8) is 0 Å². The number of carbonyl (C=O) groups excluding carboxylic acids is 2. The van der Waals surface area contributed by atoms with Crippen molar-refractivity contribution in [2.45, 2.75) is 0 Å². The molecule has 1 amide bonds. The quantitative estimate of drug-likeness (QED) is 0.444. The zero-order valence-electron chi connectivity index (χ0n) is 7.20. The molecule has 0 spiro atoms. The Labute approximate surface area is 80.4 Å². The molecule has 5 nitrogen and oxygen atoms in total. The molecule has 0 unspecified atom stereocenters. The molecule has 0 saturated heterocycles. The molecular formula is C9H8N3O2. The predicted molar refractivity (Wildman–Crippen MR) is 50.6 cm³/mol. The van der Waals surface area contributed by atoms with E-state index >= 15 is 0 Å². The van der Waals surface area contributed by atoms with Crippen LogP contribution in [0.2, 0.25) is 0 Å². The Morgan fingerprint density at radius 3 is 2.79 bits per heavy atom. The molecule has 0 atom stereocenters. The summed E-state index contributed by atoms with van der Waals surface area (Å²) in [5, 5.41) is 8.94. The van der Waals surface area contributed by atoms with Gasteiger partial charge in [0.1, 0.15) is 0 Å². The minimum Gasteiger partial charge on any atom is -0.370 e. The number of benzene rings is 1. The fourth-order valence-corrected chi connectivity index (χ4v) is 0.918. The first-order chi connectivity index (χ1) is 6.63. The van der Waals surface area contributed by atoms with Crippen LogP contribution in [0.1, 0.15) is 15.9 Å². The van der Waals surface area contributed by atoms with Gasteiger partial charge in [-0.15, -0.1) is 0 Å². The molecule has 1 radical (unpaired) electrons. The summed E-state index contributed by atoms with van der Waals surface area (Å²) in [6, 6.07) is 5.96. The maximum atomic E-state index is 11.3. The lowest BCUT2D eigenvalue weighted by Gasteiger charge is -2.02. The molecule has 71 valence electrons. The topological polar surface area (TPSA) is 96.0 Å². The fraction of sp³-hybridized carbons (Fsp3) is 0. The van der Waals surface area contributed by atoms with E-state index in [-0.39, 0.29) is 11.1 Å². The van der Waals surface area contributed by atoms with Crippen LogP contribution in [0.4, 0.5) is 0 Å². The summed E-state index contributed by atoms with van der Waals surface area (Å²) in [5.74, 6) is -0.954. The molecule has 4 N–H and O–H groups in total. The Hall–Kier alpha value is -2.17. The first kappa shape index (κ1) is 9.91. The van der Waals surface area contributed by atoms with E-state index in [1.165, 1.54) is 18.2 Å². The molecule has 14 heavy (non-hydrogen) atoms. The second-order valence-corrected chi connectivity index (χ2v) is 2.55. The number of rotatable bonds is 2. The van der Waals surface area contributed by atoms with E-state index in [1.807, 2.05) is 0 Å². The van der Waals surface area contributed by atoms with E-state index in [0.29, 0.717) is 0 Å². The van der Waals surface area contributed by atoms with Gasteiger partial charge in [0.25, 0.3) is 5.91 Å². The van der Waals surface area contributed by atoms with E-state index in [2.05, 4.69) is 5.32 Å². The summed E-state index contributed by atoms with van der Waals surface area (Å²) < 4.78 is 0.